The fourth-order valence-electron chi connectivity index (χ4n) is 2.37. The van der Waals surface area contributed by atoms with E-state index in [0.717, 1.165) is 12.0 Å². The second-order valence-corrected chi connectivity index (χ2v) is 5.63. The van der Waals surface area contributed by atoms with Crippen LogP contribution < -0.4 is 5.32 Å². The Morgan fingerprint density at radius 1 is 1.04 bits per heavy atom. The van der Waals surface area contributed by atoms with E-state index in [9.17, 15) is 9.59 Å². The van der Waals surface area contributed by atoms with Crippen LogP contribution in [0.1, 0.15) is 24.5 Å². The maximum Gasteiger partial charge on any atom is 0.221 e. The van der Waals surface area contributed by atoms with Crippen LogP contribution in [0.2, 0.25) is 0 Å². The topological polar surface area (TPSA) is 62.3 Å². The van der Waals surface area contributed by atoms with Crippen LogP contribution >= 0.6 is 0 Å². The van der Waals surface area contributed by atoms with E-state index in [2.05, 4.69) is 10.3 Å². The van der Waals surface area contributed by atoms with Gasteiger partial charge in [-0.3, -0.25) is 14.6 Å². The Morgan fingerprint density at radius 3 is 2.42 bits per heavy atom. The highest BCUT2D eigenvalue weighted by molar-refractivity contribution is 5.78. The average Bonchev–Trinajstić information content (AvgIpc) is 2.60. The van der Waals surface area contributed by atoms with Crippen molar-refractivity contribution in [2.75, 3.05) is 13.1 Å². The minimum atomic E-state index is -0.0381. The zero-order valence-corrected chi connectivity index (χ0v) is 13.9. The van der Waals surface area contributed by atoms with E-state index in [0.29, 0.717) is 26.1 Å². The van der Waals surface area contributed by atoms with Crippen LogP contribution in [-0.2, 0) is 22.6 Å². The van der Waals surface area contributed by atoms with E-state index < -0.39 is 0 Å². The van der Waals surface area contributed by atoms with Crippen LogP contribution in [-0.4, -0.2) is 34.8 Å². The van der Waals surface area contributed by atoms with E-state index in [1.54, 1.807) is 17.3 Å². The van der Waals surface area contributed by atoms with E-state index in [1.807, 2.05) is 42.5 Å². The Balaban J connectivity index is 1.73. The van der Waals surface area contributed by atoms with Crippen LogP contribution in [0.25, 0.3) is 0 Å². The van der Waals surface area contributed by atoms with Gasteiger partial charge in [0.2, 0.25) is 11.8 Å². The van der Waals surface area contributed by atoms with Crippen LogP contribution in [0.3, 0.4) is 0 Å². The molecule has 0 bridgehead atoms. The highest BCUT2D eigenvalue weighted by Crippen LogP contribution is 2.04. The molecule has 2 amide bonds. The first-order chi connectivity index (χ1) is 11.6. The summed E-state index contributed by atoms with van der Waals surface area (Å²) in [6.45, 7) is 3.03. The van der Waals surface area contributed by atoms with Gasteiger partial charge in [-0.2, -0.15) is 0 Å². The molecule has 0 saturated carbocycles. The van der Waals surface area contributed by atoms with Gasteiger partial charge in [0, 0.05) is 45.4 Å². The Hall–Kier alpha value is -2.69. The molecule has 126 valence electrons. The van der Waals surface area contributed by atoms with Crippen LogP contribution in [0.15, 0.2) is 54.9 Å². The lowest BCUT2D eigenvalue weighted by atomic mass is 10.1. The van der Waals surface area contributed by atoms with Crippen LogP contribution in [0, 0.1) is 0 Å². The molecule has 2 rings (SSSR count). The molecule has 0 aliphatic carbocycles. The number of nitrogens with zero attached hydrogens (tertiary/aromatic N) is 2. The molecule has 0 saturated heterocycles. The molecule has 1 aromatic carbocycles. The molecule has 24 heavy (non-hydrogen) atoms. The maximum atomic E-state index is 12.0. The van der Waals surface area contributed by atoms with Crippen molar-refractivity contribution < 1.29 is 9.59 Å². The largest absolute Gasteiger partial charge is 0.356 e. The molecule has 1 heterocycles. The number of benzene rings is 1. The fraction of sp³-hybridized carbons (Fsp3) is 0.316. The zero-order chi connectivity index (χ0) is 17.2. The molecule has 1 aromatic heterocycles. The lowest BCUT2D eigenvalue weighted by Gasteiger charge is -2.20. The number of nitrogens with one attached hydrogen (secondary N) is 1. The van der Waals surface area contributed by atoms with Crippen molar-refractivity contribution in [3.63, 3.8) is 0 Å². The Bertz CT molecular complexity index is 644. The summed E-state index contributed by atoms with van der Waals surface area (Å²) in [6, 6.07) is 13.8. The molecule has 0 atom stereocenters. The predicted octanol–water partition coefficient (Wildman–Crippen LogP) is 2.18. The van der Waals surface area contributed by atoms with Gasteiger partial charge in [0.1, 0.15) is 0 Å². The smallest absolute Gasteiger partial charge is 0.221 e. The molecule has 0 radical (unpaired) electrons. The quantitative estimate of drug-likeness (QED) is 0.809. The summed E-state index contributed by atoms with van der Waals surface area (Å²) in [5.41, 5.74) is 2.20. The normalized spacial score (nSPS) is 10.2. The van der Waals surface area contributed by atoms with Crippen molar-refractivity contribution in [1.29, 1.82) is 0 Å². The molecule has 0 aliphatic rings. The standard InChI is InChI=1S/C19H23N3O2/c1-16(23)22(15-18-7-11-20-12-8-18)14-10-19(24)21-13-9-17-5-3-2-4-6-17/h2-8,11-12H,9-10,13-15H2,1H3,(H,21,24). The number of aromatic nitrogens is 1. The third-order valence-electron chi connectivity index (χ3n) is 3.76. The van der Waals surface area contributed by atoms with Crippen molar-refractivity contribution in [1.82, 2.24) is 15.2 Å². The molecule has 0 unspecified atom stereocenters. The van der Waals surface area contributed by atoms with E-state index in [4.69, 9.17) is 0 Å². The van der Waals surface area contributed by atoms with E-state index in [-0.39, 0.29) is 11.8 Å². The Morgan fingerprint density at radius 2 is 1.75 bits per heavy atom. The first-order valence-electron chi connectivity index (χ1n) is 8.10. The number of rotatable bonds is 8. The van der Waals surface area contributed by atoms with Gasteiger partial charge in [0.05, 0.1) is 0 Å². The van der Waals surface area contributed by atoms with Crippen LogP contribution in [0.4, 0.5) is 0 Å². The van der Waals surface area contributed by atoms with Crippen molar-refractivity contribution in [3.8, 4) is 0 Å². The molecule has 2 aromatic rings. The SMILES string of the molecule is CC(=O)N(CCC(=O)NCCc1ccccc1)Cc1ccncc1. The fourth-order valence-corrected chi connectivity index (χ4v) is 2.37. The summed E-state index contributed by atoms with van der Waals surface area (Å²) in [7, 11) is 0. The second-order valence-electron chi connectivity index (χ2n) is 5.63. The Kier molecular flexibility index (Phi) is 6.95. The van der Waals surface area contributed by atoms with Gasteiger partial charge in [0.15, 0.2) is 0 Å². The van der Waals surface area contributed by atoms with Gasteiger partial charge in [0.25, 0.3) is 0 Å². The molecular formula is C19H23N3O2. The van der Waals surface area contributed by atoms with Gasteiger partial charge >= 0.3 is 0 Å². The number of carbonyl (C=O) groups is 2. The van der Waals surface area contributed by atoms with Crippen molar-refractivity contribution >= 4 is 11.8 Å². The summed E-state index contributed by atoms with van der Waals surface area (Å²) >= 11 is 0. The number of hydrogen-bond acceptors (Lipinski definition) is 3. The van der Waals surface area contributed by atoms with Gasteiger partial charge in [-0.05, 0) is 29.7 Å². The van der Waals surface area contributed by atoms with Crippen molar-refractivity contribution in [3.05, 3.63) is 66.0 Å². The zero-order valence-electron chi connectivity index (χ0n) is 13.9. The highest BCUT2D eigenvalue weighted by Gasteiger charge is 2.11. The third-order valence-corrected chi connectivity index (χ3v) is 3.76. The third kappa shape index (κ3) is 6.20. The number of amides is 2. The molecule has 1 N–H and O–H groups in total. The summed E-state index contributed by atoms with van der Waals surface area (Å²) in [5.74, 6) is -0.0733. The molecule has 0 aliphatic heterocycles. The van der Waals surface area contributed by atoms with Gasteiger partial charge in [-0.25, -0.2) is 0 Å². The first-order valence-corrected chi connectivity index (χ1v) is 8.10. The van der Waals surface area contributed by atoms with Gasteiger partial charge in [-0.15, -0.1) is 0 Å². The summed E-state index contributed by atoms with van der Waals surface area (Å²) < 4.78 is 0. The maximum absolute atomic E-state index is 12.0. The summed E-state index contributed by atoms with van der Waals surface area (Å²) in [4.78, 5) is 29.3. The molecule has 0 fully saturated rings. The van der Waals surface area contributed by atoms with Crippen molar-refractivity contribution in [2.24, 2.45) is 0 Å². The number of carbonyl (C=O) groups excluding carboxylic acids is 2. The molecular weight excluding hydrogens is 302 g/mol. The summed E-state index contributed by atoms with van der Waals surface area (Å²) in [6.07, 6.45) is 4.51. The summed E-state index contributed by atoms with van der Waals surface area (Å²) in [5, 5.41) is 2.90. The van der Waals surface area contributed by atoms with Gasteiger partial charge in [-0.1, -0.05) is 30.3 Å². The van der Waals surface area contributed by atoms with E-state index in [1.165, 1.54) is 12.5 Å². The minimum Gasteiger partial charge on any atom is -0.356 e. The van der Waals surface area contributed by atoms with Crippen LogP contribution in [0.5, 0.6) is 0 Å². The predicted molar refractivity (Wildman–Crippen MR) is 93.1 cm³/mol. The lowest BCUT2D eigenvalue weighted by molar-refractivity contribution is -0.130. The molecule has 5 heteroatoms. The molecule has 0 spiro atoms. The number of pyridine rings is 1. The minimum absolute atomic E-state index is 0.0353. The monoisotopic (exact) mass is 325 g/mol. The van der Waals surface area contributed by atoms with Crippen molar-refractivity contribution in [2.45, 2.75) is 26.3 Å². The number of hydrogen-bond donors (Lipinski definition) is 1. The van der Waals surface area contributed by atoms with Gasteiger partial charge < -0.3 is 10.2 Å². The average molecular weight is 325 g/mol. The molecule has 5 nitrogen and oxygen atoms in total. The second kappa shape index (κ2) is 9.45. The Labute approximate surface area is 142 Å². The first kappa shape index (κ1) is 17.7. The lowest BCUT2D eigenvalue weighted by Crippen LogP contribution is -2.34. The highest BCUT2D eigenvalue weighted by atomic mass is 16.2. The van der Waals surface area contributed by atoms with E-state index >= 15 is 0 Å².